The zero-order chi connectivity index (χ0) is 20.1. The minimum Gasteiger partial charge on any atom is -0.378 e. The number of carbonyl (C=O) groups excluding carboxylic acids is 2. The third-order valence-electron chi connectivity index (χ3n) is 4.73. The second-order valence-electron chi connectivity index (χ2n) is 7.05. The molecule has 7 heteroatoms. The zero-order valence-electron chi connectivity index (χ0n) is 16.6. The maximum atomic E-state index is 12.6. The molecule has 2 heterocycles. The number of morpholine rings is 1. The summed E-state index contributed by atoms with van der Waals surface area (Å²) in [7, 11) is 1.72. The van der Waals surface area contributed by atoms with Crippen molar-refractivity contribution in [2.45, 2.75) is 20.4 Å². The van der Waals surface area contributed by atoms with Crippen LogP contribution in [0, 0.1) is 13.8 Å². The van der Waals surface area contributed by atoms with Gasteiger partial charge in [-0.25, -0.2) is 4.79 Å². The molecule has 28 heavy (non-hydrogen) atoms. The van der Waals surface area contributed by atoms with Crippen molar-refractivity contribution in [2.24, 2.45) is 0 Å². The fourth-order valence-electron chi connectivity index (χ4n) is 3.00. The number of benzene rings is 1. The number of nitrogens with one attached hydrogen (secondary N) is 1. The summed E-state index contributed by atoms with van der Waals surface area (Å²) in [6.07, 6.45) is 1.79. The van der Waals surface area contributed by atoms with Crippen LogP contribution in [-0.4, -0.2) is 60.1 Å². The Kier molecular flexibility index (Phi) is 6.26. The van der Waals surface area contributed by atoms with Gasteiger partial charge in [0.05, 0.1) is 25.5 Å². The SMILES string of the molecule is Cc1ccc(CN(C)C(=O)Nc2ccc(C(=O)N3CCOCC3)cc2C)nc1. The van der Waals surface area contributed by atoms with Gasteiger partial charge in [-0.2, -0.15) is 0 Å². The first-order valence-corrected chi connectivity index (χ1v) is 9.35. The Bertz CT molecular complexity index is 845. The van der Waals surface area contributed by atoms with Crippen LogP contribution in [0.3, 0.4) is 0 Å². The molecule has 3 amide bonds. The van der Waals surface area contributed by atoms with Gasteiger partial charge in [0.1, 0.15) is 0 Å². The monoisotopic (exact) mass is 382 g/mol. The van der Waals surface area contributed by atoms with Gasteiger partial charge in [0.15, 0.2) is 0 Å². The third kappa shape index (κ3) is 4.86. The normalized spacial score (nSPS) is 13.9. The van der Waals surface area contributed by atoms with E-state index in [1.165, 1.54) is 0 Å². The van der Waals surface area contributed by atoms with Gasteiger partial charge in [-0.05, 0) is 49.2 Å². The largest absolute Gasteiger partial charge is 0.378 e. The highest BCUT2D eigenvalue weighted by Crippen LogP contribution is 2.19. The first-order valence-electron chi connectivity index (χ1n) is 9.35. The highest BCUT2D eigenvalue weighted by molar-refractivity contribution is 5.96. The van der Waals surface area contributed by atoms with Crippen LogP contribution >= 0.6 is 0 Å². The van der Waals surface area contributed by atoms with E-state index in [1.54, 1.807) is 35.2 Å². The topological polar surface area (TPSA) is 74.8 Å². The number of aromatic nitrogens is 1. The molecule has 1 saturated heterocycles. The van der Waals surface area contributed by atoms with Gasteiger partial charge >= 0.3 is 6.03 Å². The molecule has 1 aromatic heterocycles. The van der Waals surface area contributed by atoms with Gasteiger partial charge in [0.2, 0.25) is 0 Å². The second kappa shape index (κ2) is 8.84. The molecule has 1 aromatic carbocycles. The molecule has 0 atom stereocenters. The van der Waals surface area contributed by atoms with Gasteiger partial charge < -0.3 is 19.9 Å². The van der Waals surface area contributed by atoms with Crippen molar-refractivity contribution in [3.63, 3.8) is 0 Å². The summed E-state index contributed by atoms with van der Waals surface area (Å²) in [5.74, 6) is -0.00756. The van der Waals surface area contributed by atoms with E-state index in [1.807, 2.05) is 32.0 Å². The Hall–Kier alpha value is -2.93. The summed E-state index contributed by atoms with van der Waals surface area (Å²) in [6, 6.07) is 9.01. The Morgan fingerprint density at radius 3 is 2.57 bits per heavy atom. The highest BCUT2D eigenvalue weighted by atomic mass is 16.5. The predicted molar refractivity (Wildman–Crippen MR) is 107 cm³/mol. The van der Waals surface area contributed by atoms with E-state index < -0.39 is 0 Å². The molecule has 0 radical (unpaired) electrons. The molecule has 2 aromatic rings. The molecule has 1 N–H and O–H groups in total. The fraction of sp³-hybridized carbons (Fsp3) is 0.381. The molecule has 0 saturated carbocycles. The molecule has 7 nitrogen and oxygen atoms in total. The Labute approximate surface area is 165 Å². The molecule has 1 aliphatic rings. The maximum Gasteiger partial charge on any atom is 0.321 e. The lowest BCUT2D eigenvalue weighted by atomic mass is 10.1. The molecule has 1 aliphatic heterocycles. The summed E-state index contributed by atoms with van der Waals surface area (Å²) >= 11 is 0. The van der Waals surface area contributed by atoms with Crippen molar-refractivity contribution in [3.8, 4) is 0 Å². The lowest BCUT2D eigenvalue weighted by Gasteiger charge is -2.27. The number of hydrogen-bond acceptors (Lipinski definition) is 4. The average molecular weight is 382 g/mol. The Morgan fingerprint density at radius 2 is 1.93 bits per heavy atom. The van der Waals surface area contributed by atoms with Gasteiger partial charge in [-0.1, -0.05) is 6.07 Å². The summed E-state index contributed by atoms with van der Waals surface area (Å²) in [6.45, 7) is 6.62. The number of carbonyl (C=O) groups is 2. The number of ether oxygens (including phenoxy) is 1. The van der Waals surface area contributed by atoms with Crippen LogP contribution in [0.15, 0.2) is 36.5 Å². The predicted octanol–water partition coefficient (Wildman–Crippen LogP) is 2.83. The third-order valence-corrected chi connectivity index (χ3v) is 4.73. The smallest absolute Gasteiger partial charge is 0.321 e. The van der Waals surface area contributed by atoms with Crippen LogP contribution in [0.1, 0.15) is 27.2 Å². The average Bonchev–Trinajstić information content (AvgIpc) is 2.71. The first kappa shape index (κ1) is 19.8. The number of amides is 3. The lowest BCUT2D eigenvalue weighted by molar-refractivity contribution is 0.0303. The van der Waals surface area contributed by atoms with Crippen LogP contribution in [0.25, 0.3) is 0 Å². The van der Waals surface area contributed by atoms with Crippen LogP contribution < -0.4 is 5.32 Å². The van der Waals surface area contributed by atoms with E-state index in [-0.39, 0.29) is 11.9 Å². The van der Waals surface area contributed by atoms with Crippen molar-refractivity contribution in [1.82, 2.24) is 14.8 Å². The number of nitrogens with zero attached hydrogens (tertiary/aromatic N) is 3. The van der Waals surface area contributed by atoms with E-state index in [2.05, 4.69) is 10.3 Å². The molecular weight excluding hydrogens is 356 g/mol. The lowest BCUT2D eigenvalue weighted by Crippen LogP contribution is -2.40. The molecule has 3 rings (SSSR count). The van der Waals surface area contributed by atoms with Crippen LogP contribution in [0.5, 0.6) is 0 Å². The molecule has 1 fully saturated rings. The van der Waals surface area contributed by atoms with Crippen molar-refractivity contribution in [2.75, 3.05) is 38.7 Å². The van der Waals surface area contributed by atoms with Crippen LogP contribution in [0.4, 0.5) is 10.5 Å². The van der Waals surface area contributed by atoms with Crippen LogP contribution in [0.2, 0.25) is 0 Å². The number of anilines is 1. The fourth-order valence-corrected chi connectivity index (χ4v) is 3.00. The summed E-state index contributed by atoms with van der Waals surface area (Å²) in [5.41, 5.74) is 4.06. The number of rotatable bonds is 4. The van der Waals surface area contributed by atoms with Crippen molar-refractivity contribution in [1.29, 1.82) is 0 Å². The van der Waals surface area contributed by atoms with E-state index in [0.29, 0.717) is 44.1 Å². The minimum absolute atomic E-state index is 0.00756. The maximum absolute atomic E-state index is 12.6. The summed E-state index contributed by atoms with van der Waals surface area (Å²) < 4.78 is 5.29. The number of pyridine rings is 1. The number of urea groups is 1. The van der Waals surface area contributed by atoms with E-state index in [0.717, 1.165) is 16.8 Å². The van der Waals surface area contributed by atoms with Crippen molar-refractivity contribution < 1.29 is 14.3 Å². The summed E-state index contributed by atoms with van der Waals surface area (Å²) in [5, 5.41) is 2.90. The standard InChI is InChI=1S/C21H26N4O3/c1-15-4-6-18(22-13-15)14-24(3)21(27)23-19-7-5-17(12-16(19)2)20(26)25-8-10-28-11-9-25/h4-7,12-13H,8-11,14H2,1-3H3,(H,23,27). The Morgan fingerprint density at radius 1 is 1.18 bits per heavy atom. The molecule has 0 bridgehead atoms. The molecule has 0 spiro atoms. The Balaban J connectivity index is 1.62. The minimum atomic E-state index is -0.224. The second-order valence-corrected chi connectivity index (χ2v) is 7.05. The van der Waals surface area contributed by atoms with Gasteiger partial charge in [0, 0.05) is 37.6 Å². The van der Waals surface area contributed by atoms with Crippen LogP contribution in [-0.2, 0) is 11.3 Å². The highest BCUT2D eigenvalue weighted by Gasteiger charge is 2.19. The molecule has 0 aliphatic carbocycles. The van der Waals surface area contributed by atoms with Gasteiger partial charge in [-0.15, -0.1) is 0 Å². The summed E-state index contributed by atoms with van der Waals surface area (Å²) in [4.78, 5) is 32.8. The van der Waals surface area contributed by atoms with E-state index in [9.17, 15) is 9.59 Å². The van der Waals surface area contributed by atoms with E-state index in [4.69, 9.17) is 4.74 Å². The van der Waals surface area contributed by atoms with Gasteiger partial charge in [0.25, 0.3) is 5.91 Å². The first-order chi connectivity index (χ1) is 13.4. The number of hydrogen-bond donors (Lipinski definition) is 1. The molecule has 148 valence electrons. The molecular formula is C21H26N4O3. The quantitative estimate of drug-likeness (QED) is 0.882. The zero-order valence-corrected chi connectivity index (χ0v) is 16.6. The van der Waals surface area contributed by atoms with E-state index >= 15 is 0 Å². The van der Waals surface area contributed by atoms with Crippen molar-refractivity contribution >= 4 is 17.6 Å². The molecule has 0 unspecified atom stereocenters. The van der Waals surface area contributed by atoms with Gasteiger partial charge in [-0.3, -0.25) is 9.78 Å². The van der Waals surface area contributed by atoms with Crippen molar-refractivity contribution in [3.05, 3.63) is 58.9 Å². The number of aryl methyl sites for hydroxylation is 2.